The van der Waals surface area contributed by atoms with E-state index in [1.54, 1.807) is 0 Å². The molecule has 0 rings (SSSR count). The fraction of sp³-hybridized carbons (Fsp3) is 0. The molecule has 0 amide bonds. The molecular weight excluding hydrogens is 156 g/mol. The average molecular weight is 158 g/mol. The van der Waals surface area contributed by atoms with Crippen LogP contribution in [0.1, 0.15) is 0 Å². The third-order valence-electron chi connectivity index (χ3n) is 0. The number of rotatable bonds is 0. The van der Waals surface area contributed by atoms with Crippen LogP contribution in [0.2, 0.25) is 0 Å². The molecule has 0 nitrogen and oxygen atoms in total. The molecule has 35 valence electrons. The van der Waals surface area contributed by atoms with E-state index in [0.29, 0.717) is 0 Å². The molecule has 0 aliphatic rings. The van der Waals surface area contributed by atoms with Gasteiger partial charge in [-0.05, 0) is 0 Å². The summed E-state index contributed by atoms with van der Waals surface area (Å²) in [6.45, 7) is 0. The second-order valence-corrected chi connectivity index (χ2v) is 0. The molecule has 0 bridgehead atoms. The second kappa shape index (κ2) is 42.7. The van der Waals surface area contributed by atoms with Gasteiger partial charge in [0.15, 0.2) is 0 Å². The van der Waals surface area contributed by atoms with Gasteiger partial charge in [0.1, 0.15) is 0 Å². The molecule has 4 heavy (non-hydrogen) atoms. The molecule has 0 aliphatic carbocycles. The van der Waals surface area contributed by atoms with Crippen LogP contribution in [-0.4, -0.2) is 0 Å². The molecule has 0 N–H and O–H groups in total. The molecule has 0 aromatic rings. The van der Waals surface area contributed by atoms with Crippen molar-refractivity contribution < 1.29 is 42.7 Å². The Kier molecular flexibility index (Phi) is 1040. The summed E-state index contributed by atoms with van der Waals surface area (Å²) in [6.07, 6.45) is 0. The van der Waals surface area contributed by atoms with Crippen molar-refractivity contribution in [1.82, 2.24) is 0 Å². The Morgan fingerprint density at radius 1 is 0.750 bits per heavy atom. The Bertz CT molecular complexity index is 6.00. The van der Waals surface area contributed by atoms with E-state index >= 15 is 0 Å². The maximum atomic E-state index is 0. The fourth-order valence-electron chi connectivity index (χ4n) is 0. The first-order valence-electron chi connectivity index (χ1n) is 0. The largest absolute Gasteiger partial charge is 0.269 e. The monoisotopic (exact) mass is 157 g/mol. The molecular formula is H2CoF2Ni. The quantitative estimate of drug-likeness (QED) is 0.444. The minimum Gasteiger partial charge on any atom is -0.269 e. The van der Waals surface area contributed by atoms with E-state index in [-0.39, 0.29) is 42.7 Å². The minimum atomic E-state index is 0. The smallest absolute Gasteiger partial charge is 0 e. The summed E-state index contributed by atoms with van der Waals surface area (Å²) >= 11 is 0. The van der Waals surface area contributed by atoms with E-state index in [1.807, 2.05) is 0 Å². The standard InChI is InChI=1S/Co.2FH.Ni/h;2*1H;. The van der Waals surface area contributed by atoms with Crippen molar-refractivity contribution in [2.45, 2.75) is 0 Å². The van der Waals surface area contributed by atoms with Gasteiger partial charge in [0.2, 0.25) is 0 Å². The van der Waals surface area contributed by atoms with Crippen molar-refractivity contribution in [2.24, 2.45) is 0 Å². The molecule has 0 aliphatic heterocycles. The first-order valence-corrected chi connectivity index (χ1v) is 0. The van der Waals surface area contributed by atoms with Gasteiger partial charge in [0.05, 0.1) is 0 Å². The number of hydrogen-bond donors (Lipinski definition) is 0. The van der Waals surface area contributed by atoms with E-state index < -0.39 is 0 Å². The van der Waals surface area contributed by atoms with E-state index in [0.717, 1.165) is 0 Å². The van der Waals surface area contributed by atoms with Crippen LogP contribution >= 0.6 is 0 Å². The van der Waals surface area contributed by atoms with Crippen LogP contribution in [0, 0.1) is 0 Å². The Balaban J connectivity index is 0. The van der Waals surface area contributed by atoms with Gasteiger partial charge >= 0.3 is 0 Å². The zero-order chi connectivity index (χ0) is 0. The number of hydrogen-bond acceptors (Lipinski definition) is 0. The first kappa shape index (κ1) is 97.9. The maximum absolute atomic E-state index is 0. The van der Waals surface area contributed by atoms with Gasteiger partial charge in [-0.3, -0.25) is 9.41 Å². The second-order valence-electron chi connectivity index (χ2n) is 0. The van der Waals surface area contributed by atoms with E-state index in [9.17, 15) is 0 Å². The van der Waals surface area contributed by atoms with Gasteiger partial charge in [-0.2, -0.15) is 0 Å². The molecule has 0 saturated carbocycles. The summed E-state index contributed by atoms with van der Waals surface area (Å²) in [5.74, 6) is 0. The van der Waals surface area contributed by atoms with Crippen molar-refractivity contribution in [3.05, 3.63) is 0 Å². The molecule has 0 atom stereocenters. The van der Waals surface area contributed by atoms with Crippen LogP contribution in [0.25, 0.3) is 0 Å². The van der Waals surface area contributed by atoms with E-state index in [4.69, 9.17) is 0 Å². The van der Waals surface area contributed by atoms with Gasteiger partial charge in [0.25, 0.3) is 0 Å². The van der Waals surface area contributed by atoms with Crippen molar-refractivity contribution in [2.75, 3.05) is 0 Å². The van der Waals surface area contributed by atoms with Crippen LogP contribution in [-0.2, 0) is 33.3 Å². The Labute approximate surface area is 43.2 Å². The van der Waals surface area contributed by atoms with Crippen LogP contribution in [0.5, 0.6) is 0 Å². The Morgan fingerprint density at radius 3 is 0.750 bits per heavy atom. The molecule has 1 radical (unpaired) electrons. The Morgan fingerprint density at radius 2 is 0.750 bits per heavy atom. The predicted octanol–water partition coefficient (Wildman–Crippen LogP) is 0.300. The summed E-state index contributed by atoms with van der Waals surface area (Å²) in [5, 5.41) is 0. The van der Waals surface area contributed by atoms with E-state index in [1.165, 1.54) is 0 Å². The summed E-state index contributed by atoms with van der Waals surface area (Å²) in [5.41, 5.74) is 0. The molecule has 0 aromatic carbocycles. The van der Waals surface area contributed by atoms with Crippen molar-refractivity contribution in [3.8, 4) is 0 Å². The van der Waals surface area contributed by atoms with Crippen LogP contribution in [0.3, 0.4) is 0 Å². The van der Waals surface area contributed by atoms with Crippen molar-refractivity contribution >= 4 is 0 Å². The van der Waals surface area contributed by atoms with Crippen LogP contribution in [0.15, 0.2) is 0 Å². The third kappa shape index (κ3) is 13.4. The zero-order valence-corrected chi connectivity index (χ0v) is 3.49. The molecule has 0 fully saturated rings. The normalized spacial score (nSPS) is 0. The minimum absolute atomic E-state index is 0. The molecule has 0 aromatic heterocycles. The Hall–Kier alpha value is 0.860. The zero-order valence-electron chi connectivity index (χ0n) is 1.47. The van der Waals surface area contributed by atoms with Crippen molar-refractivity contribution in [1.29, 1.82) is 0 Å². The predicted molar refractivity (Wildman–Crippen MR) is 5.01 cm³/mol. The summed E-state index contributed by atoms with van der Waals surface area (Å²) in [4.78, 5) is 0. The molecule has 0 saturated heterocycles. The topological polar surface area (TPSA) is 0 Å². The van der Waals surface area contributed by atoms with Crippen LogP contribution < -0.4 is 0 Å². The first-order chi connectivity index (χ1) is 0. The molecule has 4 heteroatoms. The van der Waals surface area contributed by atoms with Gasteiger partial charge < -0.3 is 0 Å². The third-order valence-corrected chi connectivity index (χ3v) is 0. The van der Waals surface area contributed by atoms with Gasteiger partial charge in [-0.25, -0.2) is 0 Å². The molecule has 0 unspecified atom stereocenters. The summed E-state index contributed by atoms with van der Waals surface area (Å²) in [6, 6.07) is 0. The summed E-state index contributed by atoms with van der Waals surface area (Å²) in [7, 11) is 0. The van der Waals surface area contributed by atoms with Gasteiger partial charge in [-0.1, -0.05) is 0 Å². The SMILES string of the molecule is F.F.[Co].[Ni]. The summed E-state index contributed by atoms with van der Waals surface area (Å²) < 4.78 is 0. The maximum Gasteiger partial charge on any atom is 0 e. The average Bonchev–Trinajstić information content (AvgIpc) is 0. The van der Waals surface area contributed by atoms with Gasteiger partial charge in [-0.15, -0.1) is 0 Å². The molecule has 0 spiro atoms. The molecule has 0 heterocycles. The number of halogens is 2. The van der Waals surface area contributed by atoms with Gasteiger partial charge in [0, 0.05) is 33.3 Å². The fourth-order valence-corrected chi connectivity index (χ4v) is 0. The van der Waals surface area contributed by atoms with Crippen LogP contribution in [0.4, 0.5) is 9.41 Å². The van der Waals surface area contributed by atoms with E-state index in [2.05, 4.69) is 0 Å². The van der Waals surface area contributed by atoms with Crippen molar-refractivity contribution in [3.63, 3.8) is 0 Å².